The first-order valence-electron chi connectivity index (χ1n) is 9.05. The van der Waals surface area contributed by atoms with Gasteiger partial charge in [0.1, 0.15) is 22.8 Å². The zero-order chi connectivity index (χ0) is 21.8. The number of methoxy groups -OCH3 is 1. The monoisotopic (exact) mass is 420 g/mol. The number of carbonyl (C=O) groups excluding carboxylic acids is 1. The zero-order valence-electron chi connectivity index (χ0n) is 16.2. The van der Waals surface area contributed by atoms with E-state index in [2.05, 4.69) is 15.0 Å². The van der Waals surface area contributed by atoms with Crippen molar-refractivity contribution in [2.24, 2.45) is 0 Å². The summed E-state index contributed by atoms with van der Waals surface area (Å²) in [6.45, 7) is -1.41. The Morgan fingerprint density at radius 1 is 1.20 bits per heavy atom. The minimum absolute atomic E-state index is 0.141. The number of ether oxygens (including phenoxy) is 2. The molecule has 0 aliphatic heterocycles. The number of hydrogen-bond acceptors (Lipinski definition) is 5. The Morgan fingerprint density at radius 3 is 2.50 bits per heavy atom. The van der Waals surface area contributed by atoms with E-state index in [1.54, 1.807) is 31.2 Å². The Morgan fingerprint density at radius 2 is 1.90 bits per heavy atom. The molecule has 3 rings (SSSR count). The number of phenolic OH excluding ortho intramolecular Hbond substituents is 1. The number of carbonyl (C=O) groups is 1. The highest BCUT2D eigenvalue weighted by atomic mass is 19.3. The average Bonchev–Trinajstić information content (AvgIpc) is 2.72. The molecule has 0 bridgehead atoms. The highest BCUT2D eigenvalue weighted by Gasteiger charge is 2.23. The Labute approximate surface area is 170 Å². The second kappa shape index (κ2) is 8.89. The molecule has 1 heterocycles. The lowest BCUT2D eigenvalue weighted by atomic mass is 9.98. The van der Waals surface area contributed by atoms with Crippen molar-refractivity contribution in [2.75, 3.05) is 12.4 Å². The fourth-order valence-electron chi connectivity index (χ4n) is 3.15. The molecule has 0 spiro atoms. The lowest BCUT2D eigenvalue weighted by Gasteiger charge is -2.18. The number of nitrogens with one attached hydrogen (secondary N) is 1. The van der Waals surface area contributed by atoms with Crippen LogP contribution in [0.1, 0.15) is 23.7 Å². The molecule has 0 saturated carbocycles. The normalized spacial score (nSPS) is 11.0. The molecule has 1 amide bonds. The van der Waals surface area contributed by atoms with E-state index in [9.17, 15) is 23.1 Å². The number of aromatic hydroxyl groups is 1. The number of hydrogen-bond donors (Lipinski definition) is 2. The van der Waals surface area contributed by atoms with E-state index in [0.29, 0.717) is 28.9 Å². The van der Waals surface area contributed by atoms with Crippen molar-refractivity contribution in [3.05, 3.63) is 59.0 Å². The fourth-order valence-corrected chi connectivity index (χ4v) is 3.15. The van der Waals surface area contributed by atoms with Crippen LogP contribution in [0.5, 0.6) is 11.5 Å². The molecule has 3 aromatic rings. The Bertz CT molecular complexity index is 1070. The van der Waals surface area contributed by atoms with Crippen molar-refractivity contribution in [2.45, 2.75) is 26.4 Å². The quantitative estimate of drug-likeness (QED) is 0.586. The van der Waals surface area contributed by atoms with Gasteiger partial charge in [0, 0.05) is 23.4 Å². The number of alkyl halides is 2. The number of amides is 1. The van der Waals surface area contributed by atoms with Gasteiger partial charge in [0.25, 0.3) is 0 Å². The summed E-state index contributed by atoms with van der Waals surface area (Å²) >= 11 is 0. The van der Waals surface area contributed by atoms with Crippen LogP contribution in [0.4, 0.5) is 23.7 Å². The lowest BCUT2D eigenvalue weighted by molar-refractivity contribution is -0.0494. The van der Waals surface area contributed by atoms with Crippen LogP contribution in [-0.4, -0.2) is 29.9 Å². The highest BCUT2D eigenvalue weighted by molar-refractivity contribution is 5.93. The number of nitrogens with zero attached hydrogens (tertiary/aromatic N) is 1. The molecule has 0 atom stereocenters. The van der Waals surface area contributed by atoms with Gasteiger partial charge in [-0.3, -0.25) is 5.32 Å². The predicted octanol–water partition coefficient (Wildman–Crippen LogP) is 5.01. The van der Waals surface area contributed by atoms with Crippen LogP contribution in [0.2, 0.25) is 0 Å². The summed E-state index contributed by atoms with van der Waals surface area (Å²) in [5.41, 5.74) is 1.65. The molecule has 2 N–H and O–H groups in total. The SMILES string of the molecule is CCc1nc2c(F)ccc(O)c2c(OC(F)F)c1Cc1ccc(NC(=O)OC)cc1. The van der Waals surface area contributed by atoms with Gasteiger partial charge >= 0.3 is 12.7 Å². The van der Waals surface area contributed by atoms with Gasteiger partial charge in [-0.05, 0) is 36.2 Å². The van der Waals surface area contributed by atoms with Crippen molar-refractivity contribution >= 4 is 22.7 Å². The predicted molar refractivity (Wildman–Crippen MR) is 105 cm³/mol. The van der Waals surface area contributed by atoms with Crippen LogP contribution in [0.15, 0.2) is 36.4 Å². The van der Waals surface area contributed by atoms with Crippen molar-refractivity contribution in [1.29, 1.82) is 0 Å². The maximum atomic E-state index is 14.3. The summed E-state index contributed by atoms with van der Waals surface area (Å²) in [5.74, 6) is -1.46. The molecule has 2 aromatic carbocycles. The van der Waals surface area contributed by atoms with Crippen LogP contribution < -0.4 is 10.1 Å². The topological polar surface area (TPSA) is 80.7 Å². The summed E-state index contributed by atoms with van der Waals surface area (Å²) in [6.07, 6.45) is -0.148. The van der Waals surface area contributed by atoms with E-state index in [1.807, 2.05) is 0 Å². The molecular formula is C21H19F3N2O4. The third-order valence-corrected chi connectivity index (χ3v) is 4.51. The molecule has 0 aliphatic carbocycles. The number of anilines is 1. The van der Waals surface area contributed by atoms with Gasteiger partial charge in [-0.15, -0.1) is 0 Å². The first-order chi connectivity index (χ1) is 14.3. The van der Waals surface area contributed by atoms with Gasteiger partial charge in [-0.2, -0.15) is 8.78 Å². The average molecular weight is 420 g/mol. The third kappa shape index (κ3) is 4.40. The molecular weight excluding hydrogens is 401 g/mol. The van der Waals surface area contributed by atoms with E-state index in [-0.39, 0.29) is 23.1 Å². The minimum Gasteiger partial charge on any atom is -0.507 e. The maximum absolute atomic E-state index is 14.3. The maximum Gasteiger partial charge on any atom is 0.411 e. The second-order valence-electron chi connectivity index (χ2n) is 6.38. The van der Waals surface area contributed by atoms with E-state index in [0.717, 1.165) is 12.1 Å². The minimum atomic E-state index is -3.17. The standard InChI is InChI=1S/C21H19F3N2O4/c1-3-15-13(10-11-4-6-12(7-5-11)25-21(28)29-2)19(30-20(23)24)17-16(27)9-8-14(22)18(17)26-15/h4-9,20,27H,3,10H2,1-2H3,(H,25,28). The molecule has 158 valence electrons. The zero-order valence-corrected chi connectivity index (χ0v) is 16.2. The number of halogens is 3. The van der Waals surface area contributed by atoms with E-state index >= 15 is 0 Å². The lowest BCUT2D eigenvalue weighted by Crippen LogP contribution is -2.11. The van der Waals surface area contributed by atoms with Crippen LogP contribution in [0, 0.1) is 5.82 Å². The van der Waals surface area contributed by atoms with Gasteiger partial charge in [0.15, 0.2) is 0 Å². The number of fused-ring (bicyclic) bond motifs is 1. The molecule has 0 unspecified atom stereocenters. The van der Waals surface area contributed by atoms with Crippen LogP contribution in [0.25, 0.3) is 10.9 Å². The number of rotatable bonds is 6. The summed E-state index contributed by atoms with van der Waals surface area (Å²) in [4.78, 5) is 15.5. The van der Waals surface area contributed by atoms with Gasteiger partial charge < -0.3 is 14.6 Å². The molecule has 9 heteroatoms. The number of aryl methyl sites for hydroxylation is 1. The smallest absolute Gasteiger partial charge is 0.411 e. The number of phenols is 1. The van der Waals surface area contributed by atoms with Crippen LogP contribution >= 0.6 is 0 Å². The summed E-state index contributed by atoms with van der Waals surface area (Å²) < 4.78 is 49.9. The molecule has 0 radical (unpaired) electrons. The largest absolute Gasteiger partial charge is 0.507 e. The van der Waals surface area contributed by atoms with Crippen LogP contribution in [-0.2, 0) is 17.6 Å². The first-order valence-corrected chi connectivity index (χ1v) is 9.05. The molecule has 6 nitrogen and oxygen atoms in total. The number of pyridine rings is 1. The van der Waals surface area contributed by atoms with Gasteiger partial charge in [0.2, 0.25) is 0 Å². The van der Waals surface area contributed by atoms with Gasteiger partial charge in [-0.25, -0.2) is 14.2 Å². The number of benzene rings is 2. The van der Waals surface area contributed by atoms with E-state index in [4.69, 9.17) is 4.74 Å². The molecule has 30 heavy (non-hydrogen) atoms. The molecule has 0 fully saturated rings. The molecule has 0 aliphatic rings. The van der Waals surface area contributed by atoms with Gasteiger partial charge in [-0.1, -0.05) is 19.1 Å². The summed E-state index contributed by atoms with van der Waals surface area (Å²) in [5, 5.41) is 12.5. The summed E-state index contributed by atoms with van der Waals surface area (Å²) in [6, 6.07) is 8.70. The van der Waals surface area contributed by atoms with Crippen molar-refractivity contribution in [1.82, 2.24) is 4.98 Å². The van der Waals surface area contributed by atoms with Crippen molar-refractivity contribution in [3.63, 3.8) is 0 Å². The van der Waals surface area contributed by atoms with E-state index < -0.39 is 24.3 Å². The number of aromatic nitrogens is 1. The van der Waals surface area contributed by atoms with Crippen molar-refractivity contribution in [3.8, 4) is 11.5 Å². The van der Waals surface area contributed by atoms with Crippen molar-refractivity contribution < 1.29 is 32.5 Å². The Hall–Kier alpha value is -3.49. The first kappa shape index (κ1) is 21.2. The van der Waals surface area contributed by atoms with E-state index in [1.165, 1.54) is 7.11 Å². The van der Waals surface area contributed by atoms with Crippen LogP contribution in [0.3, 0.4) is 0 Å². The Kier molecular flexibility index (Phi) is 6.29. The third-order valence-electron chi connectivity index (χ3n) is 4.51. The second-order valence-corrected chi connectivity index (χ2v) is 6.38. The highest BCUT2D eigenvalue weighted by Crippen LogP contribution is 2.40. The fraction of sp³-hybridized carbons (Fsp3) is 0.238. The van der Waals surface area contributed by atoms with Gasteiger partial charge in [0.05, 0.1) is 12.5 Å². The molecule has 1 aromatic heterocycles. The summed E-state index contributed by atoms with van der Waals surface area (Å²) in [7, 11) is 1.24. The Balaban J connectivity index is 2.10. The molecule has 0 saturated heterocycles.